The van der Waals surface area contributed by atoms with Gasteiger partial charge in [-0.1, -0.05) is 6.07 Å². The van der Waals surface area contributed by atoms with E-state index in [2.05, 4.69) is 0 Å². The van der Waals surface area contributed by atoms with E-state index in [0.29, 0.717) is 12.8 Å². The lowest BCUT2D eigenvalue weighted by Gasteiger charge is -2.05. The first-order chi connectivity index (χ1) is 6.53. The number of nitrogen functional groups attached to an aromatic ring is 1. The van der Waals surface area contributed by atoms with E-state index in [9.17, 15) is 12.8 Å². The first-order valence-electron chi connectivity index (χ1n) is 4.31. The average Bonchev–Trinajstić information content (AvgIpc) is 2.92. The van der Waals surface area contributed by atoms with Gasteiger partial charge in [0, 0.05) is 0 Å². The van der Waals surface area contributed by atoms with Crippen molar-refractivity contribution in [2.24, 2.45) is 0 Å². The van der Waals surface area contributed by atoms with E-state index >= 15 is 0 Å². The van der Waals surface area contributed by atoms with Crippen LogP contribution in [-0.2, 0) is 9.84 Å². The molecule has 0 radical (unpaired) electrons. The Labute approximate surface area is 81.7 Å². The van der Waals surface area contributed by atoms with Gasteiger partial charge in [-0.2, -0.15) is 0 Å². The van der Waals surface area contributed by atoms with E-state index in [1.165, 1.54) is 18.2 Å². The van der Waals surface area contributed by atoms with Crippen LogP contribution in [-0.4, -0.2) is 13.7 Å². The molecule has 1 fully saturated rings. The lowest BCUT2D eigenvalue weighted by molar-refractivity contribution is 0.568. The van der Waals surface area contributed by atoms with Crippen LogP contribution < -0.4 is 5.73 Å². The van der Waals surface area contributed by atoms with Gasteiger partial charge in [0.15, 0.2) is 15.7 Å². The van der Waals surface area contributed by atoms with E-state index in [1.807, 2.05) is 0 Å². The van der Waals surface area contributed by atoms with Crippen molar-refractivity contribution in [3.8, 4) is 0 Å². The molecule has 0 bridgehead atoms. The lowest BCUT2D eigenvalue weighted by Crippen LogP contribution is -2.10. The zero-order chi connectivity index (χ0) is 10.3. The quantitative estimate of drug-likeness (QED) is 0.757. The SMILES string of the molecule is Nc1cccc(S(=O)(=O)C2CC2)c1F. The van der Waals surface area contributed by atoms with Gasteiger partial charge in [0.2, 0.25) is 0 Å². The molecule has 0 unspecified atom stereocenters. The molecule has 1 aliphatic carbocycles. The molecule has 76 valence electrons. The molecule has 1 saturated carbocycles. The zero-order valence-electron chi connectivity index (χ0n) is 7.40. The Morgan fingerprint density at radius 1 is 1.36 bits per heavy atom. The fraction of sp³-hybridized carbons (Fsp3) is 0.333. The number of rotatable bonds is 2. The van der Waals surface area contributed by atoms with Crippen LogP contribution in [0.25, 0.3) is 0 Å². The minimum atomic E-state index is -3.47. The van der Waals surface area contributed by atoms with Crippen LogP contribution in [0.1, 0.15) is 12.8 Å². The Bertz CT molecular complexity index is 466. The summed E-state index contributed by atoms with van der Waals surface area (Å²) in [5, 5.41) is -0.404. The second-order valence-corrected chi connectivity index (χ2v) is 5.60. The molecule has 1 aromatic carbocycles. The third kappa shape index (κ3) is 1.37. The van der Waals surface area contributed by atoms with Crippen LogP contribution in [0, 0.1) is 5.82 Å². The highest BCUT2D eigenvalue weighted by Crippen LogP contribution is 2.35. The van der Waals surface area contributed by atoms with E-state index in [0.717, 1.165) is 0 Å². The van der Waals surface area contributed by atoms with Crippen molar-refractivity contribution in [1.82, 2.24) is 0 Å². The van der Waals surface area contributed by atoms with Gasteiger partial charge in [-0.15, -0.1) is 0 Å². The summed E-state index contributed by atoms with van der Waals surface area (Å²) in [7, 11) is -3.47. The molecule has 0 saturated heterocycles. The molecule has 5 heteroatoms. The van der Waals surface area contributed by atoms with Gasteiger partial charge in [-0.25, -0.2) is 12.8 Å². The molecular weight excluding hydrogens is 205 g/mol. The van der Waals surface area contributed by atoms with Crippen LogP contribution >= 0.6 is 0 Å². The maximum Gasteiger partial charge on any atom is 0.184 e. The molecule has 0 spiro atoms. The van der Waals surface area contributed by atoms with Crippen molar-refractivity contribution in [2.75, 3.05) is 5.73 Å². The van der Waals surface area contributed by atoms with Crippen molar-refractivity contribution in [1.29, 1.82) is 0 Å². The molecule has 14 heavy (non-hydrogen) atoms. The van der Waals surface area contributed by atoms with Gasteiger partial charge in [0.05, 0.1) is 10.9 Å². The molecule has 3 nitrogen and oxygen atoms in total. The largest absolute Gasteiger partial charge is 0.396 e. The highest BCUT2D eigenvalue weighted by Gasteiger charge is 2.38. The Kier molecular flexibility index (Phi) is 1.99. The summed E-state index contributed by atoms with van der Waals surface area (Å²) in [6, 6.07) is 4.06. The topological polar surface area (TPSA) is 60.2 Å². The van der Waals surface area contributed by atoms with Crippen LogP contribution in [0.4, 0.5) is 10.1 Å². The fourth-order valence-corrected chi connectivity index (χ4v) is 3.06. The zero-order valence-corrected chi connectivity index (χ0v) is 8.22. The molecule has 0 atom stereocenters. The van der Waals surface area contributed by atoms with E-state index < -0.39 is 20.9 Å². The van der Waals surface area contributed by atoms with Gasteiger partial charge >= 0.3 is 0 Å². The summed E-state index contributed by atoms with van der Waals surface area (Å²) < 4.78 is 36.7. The smallest absolute Gasteiger partial charge is 0.184 e. The van der Waals surface area contributed by atoms with Crippen LogP contribution in [0.5, 0.6) is 0 Å². The van der Waals surface area contributed by atoms with Gasteiger partial charge in [-0.3, -0.25) is 0 Å². The molecule has 0 aromatic heterocycles. The predicted molar refractivity (Wildman–Crippen MR) is 51.0 cm³/mol. The second kappa shape index (κ2) is 2.95. The number of benzene rings is 1. The molecule has 0 aliphatic heterocycles. The summed E-state index contributed by atoms with van der Waals surface area (Å²) in [6.45, 7) is 0. The van der Waals surface area contributed by atoms with Crippen molar-refractivity contribution in [3.05, 3.63) is 24.0 Å². The normalized spacial score (nSPS) is 16.9. The van der Waals surface area contributed by atoms with Crippen molar-refractivity contribution >= 4 is 15.5 Å². The maximum atomic E-state index is 13.4. The highest BCUT2D eigenvalue weighted by molar-refractivity contribution is 7.92. The molecule has 1 aliphatic rings. The van der Waals surface area contributed by atoms with Gasteiger partial charge in [-0.05, 0) is 25.0 Å². The van der Waals surface area contributed by atoms with E-state index in [-0.39, 0.29) is 10.6 Å². The van der Waals surface area contributed by atoms with Crippen molar-refractivity contribution in [3.63, 3.8) is 0 Å². The molecule has 1 aromatic rings. The maximum absolute atomic E-state index is 13.4. The highest BCUT2D eigenvalue weighted by atomic mass is 32.2. The minimum Gasteiger partial charge on any atom is -0.396 e. The number of anilines is 1. The van der Waals surface area contributed by atoms with Crippen molar-refractivity contribution < 1.29 is 12.8 Å². The number of hydrogen-bond acceptors (Lipinski definition) is 3. The van der Waals surface area contributed by atoms with E-state index in [1.54, 1.807) is 0 Å². The fourth-order valence-electron chi connectivity index (χ4n) is 1.31. The van der Waals surface area contributed by atoms with Crippen LogP contribution in [0.3, 0.4) is 0 Å². The minimum absolute atomic E-state index is 0.119. The standard InChI is InChI=1S/C9H10FNO2S/c10-9-7(11)2-1-3-8(9)14(12,13)6-4-5-6/h1-3,6H,4-5,11H2. The first-order valence-corrected chi connectivity index (χ1v) is 5.86. The monoisotopic (exact) mass is 215 g/mol. The van der Waals surface area contributed by atoms with Crippen LogP contribution in [0.2, 0.25) is 0 Å². The van der Waals surface area contributed by atoms with Gasteiger partial charge < -0.3 is 5.73 Å². The molecule has 0 heterocycles. The first kappa shape index (κ1) is 9.45. The number of halogens is 1. The summed E-state index contributed by atoms with van der Waals surface area (Å²) in [6.07, 6.45) is 1.24. The number of nitrogens with two attached hydrogens (primary N) is 1. The molecule has 0 amide bonds. The second-order valence-electron chi connectivity index (χ2n) is 3.40. The van der Waals surface area contributed by atoms with Crippen molar-refractivity contribution in [2.45, 2.75) is 23.0 Å². The van der Waals surface area contributed by atoms with E-state index in [4.69, 9.17) is 5.73 Å². The van der Waals surface area contributed by atoms with Gasteiger partial charge in [0.25, 0.3) is 0 Å². The summed E-state index contributed by atoms with van der Waals surface area (Å²) in [4.78, 5) is -0.264. The Hall–Kier alpha value is -1.10. The summed E-state index contributed by atoms with van der Waals surface area (Å²) in [5.41, 5.74) is 5.18. The summed E-state index contributed by atoms with van der Waals surface area (Å²) in [5.74, 6) is -0.820. The predicted octanol–water partition coefficient (Wildman–Crippen LogP) is 1.34. The van der Waals surface area contributed by atoms with Crippen LogP contribution in [0.15, 0.2) is 23.1 Å². The third-order valence-electron chi connectivity index (χ3n) is 2.26. The Morgan fingerprint density at radius 3 is 2.57 bits per heavy atom. The molecule has 2 rings (SSSR count). The Morgan fingerprint density at radius 2 is 2.00 bits per heavy atom. The summed E-state index contributed by atoms with van der Waals surface area (Å²) >= 11 is 0. The third-order valence-corrected chi connectivity index (χ3v) is 4.54. The average molecular weight is 215 g/mol. The Balaban J connectivity index is 2.56. The lowest BCUT2D eigenvalue weighted by atomic mass is 10.3. The van der Waals surface area contributed by atoms with Gasteiger partial charge in [0.1, 0.15) is 4.90 Å². The number of hydrogen-bond donors (Lipinski definition) is 1. The molecular formula is C9H10FNO2S. The number of sulfone groups is 1. The molecule has 2 N–H and O–H groups in total.